The van der Waals surface area contributed by atoms with Gasteiger partial charge in [0.25, 0.3) is 0 Å². The maximum absolute atomic E-state index is 5.78. The zero-order chi connectivity index (χ0) is 12.1. The molecule has 0 aromatic heterocycles. The van der Waals surface area contributed by atoms with Crippen molar-refractivity contribution in [3.05, 3.63) is 65.7 Å². The van der Waals surface area contributed by atoms with E-state index in [0.29, 0.717) is 12.5 Å². The van der Waals surface area contributed by atoms with E-state index in [9.17, 15) is 0 Å². The van der Waals surface area contributed by atoms with E-state index < -0.39 is 0 Å². The Morgan fingerprint density at radius 2 is 1.53 bits per heavy atom. The third-order valence-electron chi connectivity index (χ3n) is 2.81. The molecule has 2 aromatic rings. The molecule has 0 N–H and O–H groups in total. The monoisotopic (exact) mass is 226 g/mol. The molecule has 0 atom stereocenters. The van der Waals surface area contributed by atoms with Gasteiger partial charge in [0.05, 0.1) is 0 Å². The molecule has 0 amide bonds. The summed E-state index contributed by atoms with van der Waals surface area (Å²) >= 11 is 0. The molecule has 0 aliphatic rings. The summed E-state index contributed by atoms with van der Waals surface area (Å²) < 4.78 is 5.78. The highest BCUT2D eigenvalue weighted by molar-refractivity contribution is 5.30. The van der Waals surface area contributed by atoms with Crippen LogP contribution in [0, 0.1) is 0 Å². The van der Waals surface area contributed by atoms with Crippen LogP contribution in [0.2, 0.25) is 0 Å². The Hall–Kier alpha value is -1.76. The van der Waals surface area contributed by atoms with Crippen LogP contribution >= 0.6 is 0 Å². The van der Waals surface area contributed by atoms with Crippen molar-refractivity contribution in [1.29, 1.82) is 0 Å². The third-order valence-corrected chi connectivity index (χ3v) is 2.81. The molecule has 0 heterocycles. The normalized spacial score (nSPS) is 10.5. The quantitative estimate of drug-likeness (QED) is 0.751. The van der Waals surface area contributed by atoms with Crippen LogP contribution in [0.5, 0.6) is 5.75 Å². The first-order chi connectivity index (χ1) is 8.27. The molecule has 0 radical (unpaired) electrons. The molecule has 2 aromatic carbocycles. The van der Waals surface area contributed by atoms with Crippen molar-refractivity contribution in [2.75, 3.05) is 0 Å². The first-order valence-corrected chi connectivity index (χ1v) is 6.03. The Morgan fingerprint density at radius 3 is 2.24 bits per heavy atom. The molecule has 0 unspecified atom stereocenters. The lowest BCUT2D eigenvalue weighted by atomic mass is 9.98. The molecule has 0 aliphatic carbocycles. The van der Waals surface area contributed by atoms with Crippen LogP contribution in [0.3, 0.4) is 0 Å². The minimum atomic E-state index is 0.533. The molecule has 2 rings (SSSR count). The summed E-state index contributed by atoms with van der Waals surface area (Å²) in [4.78, 5) is 0. The Balaban J connectivity index is 2.09. The Bertz CT molecular complexity index is 460. The SMILES string of the molecule is CC(C)c1ccccc1COc1ccccc1. The number of rotatable bonds is 4. The predicted octanol–water partition coefficient (Wildman–Crippen LogP) is 4.39. The van der Waals surface area contributed by atoms with Gasteiger partial charge in [0.15, 0.2) is 0 Å². The fourth-order valence-electron chi connectivity index (χ4n) is 1.91. The molecule has 17 heavy (non-hydrogen) atoms. The maximum atomic E-state index is 5.78. The second kappa shape index (κ2) is 5.53. The van der Waals surface area contributed by atoms with Crippen molar-refractivity contribution in [2.45, 2.75) is 26.4 Å². The molecular weight excluding hydrogens is 208 g/mol. The van der Waals surface area contributed by atoms with Gasteiger partial charge in [0, 0.05) is 0 Å². The van der Waals surface area contributed by atoms with Gasteiger partial charge in [-0.1, -0.05) is 56.3 Å². The van der Waals surface area contributed by atoms with Crippen molar-refractivity contribution >= 4 is 0 Å². The Morgan fingerprint density at radius 1 is 0.882 bits per heavy atom. The standard InChI is InChI=1S/C16H18O/c1-13(2)16-11-7-6-8-14(16)12-17-15-9-4-3-5-10-15/h3-11,13H,12H2,1-2H3. The molecule has 0 bridgehead atoms. The highest BCUT2D eigenvalue weighted by atomic mass is 16.5. The van der Waals surface area contributed by atoms with E-state index in [1.54, 1.807) is 0 Å². The molecular formula is C16H18O. The van der Waals surface area contributed by atoms with Gasteiger partial charge in [-0.15, -0.1) is 0 Å². The molecule has 1 nitrogen and oxygen atoms in total. The van der Waals surface area contributed by atoms with Gasteiger partial charge < -0.3 is 4.74 Å². The van der Waals surface area contributed by atoms with E-state index >= 15 is 0 Å². The molecule has 1 heteroatoms. The number of para-hydroxylation sites is 1. The number of hydrogen-bond donors (Lipinski definition) is 0. The lowest BCUT2D eigenvalue weighted by Crippen LogP contribution is -2.01. The van der Waals surface area contributed by atoms with E-state index in [1.165, 1.54) is 11.1 Å². The fourth-order valence-corrected chi connectivity index (χ4v) is 1.91. The Kier molecular flexibility index (Phi) is 3.81. The van der Waals surface area contributed by atoms with Crippen molar-refractivity contribution in [3.63, 3.8) is 0 Å². The van der Waals surface area contributed by atoms with Gasteiger partial charge in [0.2, 0.25) is 0 Å². The first kappa shape index (κ1) is 11.7. The largest absolute Gasteiger partial charge is 0.489 e. The van der Waals surface area contributed by atoms with E-state index in [4.69, 9.17) is 4.74 Å². The second-order valence-corrected chi connectivity index (χ2v) is 4.46. The molecule has 88 valence electrons. The summed E-state index contributed by atoms with van der Waals surface area (Å²) in [5.41, 5.74) is 2.63. The van der Waals surface area contributed by atoms with Crippen LogP contribution in [-0.2, 0) is 6.61 Å². The summed E-state index contributed by atoms with van der Waals surface area (Å²) in [5.74, 6) is 1.46. The van der Waals surface area contributed by atoms with Crippen molar-refractivity contribution in [2.24, 2.45) is 0 Å². The van der Waals surface area contributed by atoms with Gasteiger partial charge in [-0.05, 0) is 29.2 Å². The van der Waals surface area contributed by atoms with Crippen LogP contribution in [0.4, 0.5) is 0 Å². The van der Waals surface area contributed by atoms with E-state index in [0.717, 1.165) is 5.75 Å². The summed E-state index contributed by atoms with van der Waals surface area (Å²) in [6.07, 6.45) is 0. The summed E-state index contributed by atoms with van der Waals surface area (Å²) in [5, 5.41) is 0. The van der Waals surface area contributed by atoms with Gasteiger partial charge in [-0.3, -0.25) is 0 Å². The van der Waals surface area contributed by atoms with Crippen molar-refractivity contribution in [3.8, 4) is 5.75 Å². The zero-order valence-electron chi connectivity index (χ0n) is 10.4. The molecule has 0 spiro atoms. The molecule has 0 saturated heterocycles. The van der Waals surface area contributed by atoms with Gasteiger partial charge in [-0.25, -0.2) is 0 Å². The number of benzene rings is 2. The third kappa shape index (κ3) is 3.10. The van der Waals surface area contributed by atoms with Crippen LogP contribution in [0.15, 0.2) is 54.6 Å². The minimum Gasteiger partial charge on any atom is -0.489 e. The lowest BCUT2D eigenvalue weighted by Gasteiger charge is -2.13. The summed E-state index contributed by atoms with van der Waals surface area (Å²) in [7, 11) is 0. The fraction of sp³-hybridized carbons (Fsp3) is 0.250. The van der Waals surface area contributed by atoms with Gasteiger partial charge >= 0.3 is 0 Å². The molecule has 0 fully saturated rings. The van der Waals surface area contributed by atoms with Crippen LogP contribution < -0.4 is 4.74 Å². The lowest BCUT2D eigenvalue weighted by molar-refractivity contribution is 0.304. The smallest absolute Gasteiger partial charge is 0.119 e. The summed E-state index contributed by atoms with van der Waals surface area (Å²) in [6, 6.07) is 18.4. The van der Waals surface area contributed by atoms with E-state index in [-0.39, 0.29) is 0 Å². The molecule has 0 aliphatic heterocycles. The maximum Gasteiger partial charge on any atom is 0.119 e. The van der Waals surface area contributed by atoms with E-state index in [2.05, 4.69) is 38.1 Å². The summed E-state index contributed by atoms with van der Waals surface area (Å²) in [6.45, 7) is 5.06. The Labute approximate surface area is 103 Å². The van der Waals surface area contributed by atoms with Gasteiger partial charge in [0.1, 0.15) is 12.4 Å². The van der Waals surface area contributed by atoms with Gasteiger partial charge in [-0.2, -0.15) is 0 Å². The van der Waals surface area contributed by atoms with Crippen molar-refractivity contribution < 1.29 is 4.74 Å². The predicted molar refractivity (Wildman–Crippen MR) is 71.3 cm³/mol. The number of hydrogen-bond acceptors (Lipinski definition) is 1. The van der Waals surface area contributed by atoms with Crippen LogP contribution in [0.1, 0.15) is 30.9 Å². The number of ether oxygens (including phenoxy) is 1. The highest BCUT2D eigenvalue weighted by Crippen LogP contribution is 2.20. The van der Waals surface area contributed by atoms with Crippen LogP contribution in [-0.4, -0.2) is 0 Å². The topological polar surface area (TPSA) is 9.23 Å². The first-order valence-electron chi connectivity index (χ1n) is 6.03. The van der Waals surface area contributed by atoms with Crippen molar-refractivity contribution in [1.82, 2.24) is 0 Å². The molecule has 0 saturated carbocycles. The average Bonchev–Trinajstić information content (AvgIpc) is 2.38. The second-order valence-electron chi connectivity index (χ2n) is 4.46. The average molecular weight is 226 g/mol. The zero-order valence-corrected chi connectivity index (χ0v) is 10.4. The van der Waals surface area contributed by atoms with E-state index in [1.807, 2.05) is 30.3 Å². The highest BCUT2D eigenvalue weighted by Gasteiger charge is 2.05. The minimum absolute atomic E-state index is 0.533. The van der Waals surface area contributed by atoms with Crippen LogP contribution in [0.25, 0.3) is 0 Å².